The Hall–Kier alpha value is -0.740. The fourth-order valence-electron chi connectivity index (χ4n) is 2.13. The van der Waals surface area contributed by atoms with E-state index in [-0.39, 0.29) is 0 Å². The molecular formula is C16H16BrCl2NO. The molecule has 1 N–H and O–H groups in total. The van der Waals surface area contributed by atoms with Crippen LogP contribution in [0.1, 0.15) is 16.7 Å². The monoisotopic (exact) mass is 387 g/mol. The average molecular weight is 389 g/mol. The molecule has 0 atom stereocenters. The van der Waals surface area contributed by atoms with Crippen LogP contribution in [0.2, 0.25) is 10.0 Å². The van der Waals surface area contributed by atoms with Crippen LogP contribution in [-0.2, 0) is 13.2 Å². The van der Waals surface area contributed by atoms with Crippen LogP contribution in [0.5, 0.6) is 5.75 Å². The summed E-state index contributed by atoms with van der Waals surface area (Å²) in [7, 11) is 1.91. The maximum absolute atomic E-state index is 6.17. The fourth-order valence-corrected chi connectivity index (χ4v) is 3.12. The van der Waals surface area contributed by atoms with Gasteiger partial charge in [-0.3, -0.25) is 0 Å². The Morgan fingerprint density at radius 3 is 2.62 bits per heavy atom. The zero-order valence-corrected chi connectivity index (χ0v) is 14.9. The second-order valence-electron chi connectivity index (χ2n) is 4.77. The molecule has 2 aromatic rings. The van der Waals surface area contributed by atoms with E-state index in [0.29, 0.717) is 16.7 Å². The molecule has 0 saturated carbocycles. The number of halogens is 3. The van der Waals surface area contributed by atoms with Gasteiger partial charge >= 0.3 is 0 Å². The molecule has 0 unspecified atom stereocenters. The van der Waals surface area contributed by atoms with E-state index in [9.17, 15) is 0 Å². The number of benzene rings is 2. The molecule has 0 aliphatic rings. The van der Waals surface area contributed by atoms with Crippen LogP contribution in [0.15, 0.2) is 34.8 Å². The van der Waals surface area contributed by atoms with E-state index in [1.165, 1.54) is 0 Å². The van der Waals surface area contributed by atoms with E-state index in [1.807, 2.05) is 26.1 Å². The maximum atomic E-state index is 6.17. The van der Waals surface area contributed by atoms with Crippen molar-refractivity contribution in [3.05, 3.63) is 61.5 Å². The number of hydrogen-bond donors (Lipinski definition) is 1. The van der Waals surface area contributed by atoms with Gasteiger partial charge in [-0.2, -0.15) is 0 Å². The number of rotatable bonds is 5. The highest BCUT2D eigenvalue weighted by Crippen LogP contribution is 2.30. The predicted molar refractivity (Wildman–Crippen MR) is 92.4 cm³/mol. The van der Waals surface area contributed by atoms with Crippen LogP contribution in [0.4, 0.5) is 0 Å². The summed E-state index contributed by atoms with van der Waals surface area (Å²) in [5.74, 6) is 0.878. The normalized spacial score (nSPS) is 10.7. The molecule has 0 fully saturated rings. The second kappa shape index (κ2) is 7.50. The van der Waals surface area contributed by atoms with Gasteiger partial charge in [-0.15, -0.1) is 0 Å². The first-order valence-corrected chi connectivity index (χ1v) is 8.06. The smallest absolute Gasteiger partial charge is 0.127 e. The minimum atomic E-state index is 0.387. The van der Waals surface area contributed by atoms with Crippen LogP contribution < -0.4 is 10.1 Å². The van der Waals surface area contributed by atoms with E-state index in [4.69, 9.17) is 27.9 Å². The van der Waals surface area contributed by atoms with Crippen molar-refractivity contribution in [3.8, 4) is 5.75 Å². The number of aryl methyl sites for hydroxylation is 1. The zero-order chi connectivity index (χ0) is 15.4. The van der Waals surface area contributed by atoms with Crippen molar-refractivity contribution >= 4 is 39.1 Å². The zero-order valence-electron chi connectivity index (χ0n) is 11.8. The lowest BCUT2D eigenvalue weighted by Crippen LogP contribution is -2.09. The van der Waals surface area contributed by atoms with Gasteiger partial charge in [0.2, 0.25) is 0 Å². The summed E-state index contributed by atoms with van der Waals surface area (Å²) in [5.41, 5.74) is 3.05. The van der Waals surface area contributed by atoms with Crippen LogP contribution in [-0.4, -0.2) is 7.05 Å². The van der Waals surface area contributed by atoms with Crippen LogP contribution in [0.25, 0.3) is 0 Å². The van der Waals surface area contributed by atoms with Crippen LogP contribution in [0, 0.1) is 6.92 Å². The van der Waals surface area contributed by atoms with E-state index in [0.717, 1.165) is 33.5 Å². The van der Waals surface area contributed by atoms with Crippen LogP contribution >= 0.6 is 39.1 Å². The number of ether oxygens (including phenoxy) is 1. The largest absolute Gasteiger partial charge is 0.488 e. The van der Waals surface area contributed by atoms with Gasteiger partial charge in [0, 0.05) is 32.2 Å². The highest BCUT2D eigenvalue weighted by atomic mass is 79.9. The molecule has 0 heterocycles. The molecule has 0 aliphatic heterocycles. The molecule has 21 heavy (non-hydrogen) atoms. The van der Waals surface area contributed by atoms with Crippen molar-refractivity contribution in [2.45, 2.75) is 20.1 Å². The SMILES string of the molecule is CNCc1cc(Br)cc(C)c1OCc1cc(Cl)ccc1Cl. The van der Waals surface area contributed by atoms with Gasteiger partial charge in [0.1, 0.15) is 12.4 Å². The third-order valence-corrected chi connectivity index (χ3v) is 4.12. The van der Waals surface area contributed by atoms with Gasteiger partial charge in [0.05, 0.1) is 0 Å². The molecule has 0 amide bonds. The summed E-state index contributed by atoms with van der Waals surface area (Å²) >= 11 is 15.7. The first-order valence-electron chi connectivity index (χ1n) is 6.51. The standard InChI is InChI=1S/C16H16BrCl2NO/c1-10-5-13(17)6-11(8-20-2)16(10)21-9-12-7-14(18)3-4-15(12)19/h3-7,20H,8-9H2,1-2H3. The minimum absolute atomic E-state index is 0.387. The van der Waals surface area contributed by atoms with Gasteiger partial charge in [-0.05, 0) is 49.9 Å². The first-order chi connectivity index (χ1) is 10.0. The molecule has 0 radical (unpaired) electrons. The molecule has 0 saturated heterocycles. The Labute approximate surface area is 143 Å². The molecule has 0 aliphatic carbocycles. The van der Waals surface area contributed by atoms with Crippen molar-refractivity contribution < 1.29 is 4.74 Å². The third-order valence-electron chi connectivity index (χ3n) is 3.06. The highest BCUT2D eigenvalue weighted by molar-refractivity contribution is 9.10. The summed E-state index contributed by atoms with van der Waals surface area (Å²) < 4.78 is 7.03. The Morgan fingerprint density at radius 2 is 1.90 bits per heavy atom. The van der Waals surface area contributed by atoms with E-state index in [1.54, 1.807) is 12.1 Å². The summed E-state index contributed by atoms with van der Waals surface area (Å²) in [4.78, 5) is 0. The van der Waals surface area contributed by atoms with Crippen molar-refractivity contribution in [3.63, 3.8) is 0 Å². The van der Waals surface area contributed by atoms with Crippen molar-refractivity contribution in [1.29, 1.82) is 0 Å². The lowest BCUT2D eigenvalue weighted by Gasteiger charge is -2.15. The fraction of sp³-hybridized carbons (Fsp3) is 0.250. The van der Waals surface area contributed by atoms with Gasteiger partial charge in [0.25, 0.3) is 0 Å². The molecule has 0 spiro atoms. The second-order valence-corrected chi connectivity index (χ2v) is 6.52. The summed E-state index contributed by atoms with van der Waals surface area (Å²) in [6, 6.07) is 9.47. The van der Waals surface area contributed by atoms with E-state index < -0.39 is 0 Å². The average Bonchev–Trinajstić information content (AvgIpc) is 2.41. The van der Waals surface area contributed by atoms with Gasteiger partial charge < -0.3 is 10.1 Å². The molecule has 112 valence electrons. The van der Waals surface area contributed by atoms with Gasteiger partial charge in [0.15, 0.2) is 0 Å². The number of nitrogens with one attached hydrogen (secondary N) is 1. The minimum Gasteiger partial charge on any atom is -0.488 e. The van der Waals surface area contributed by atoms with Crippen molar-refractivity contribution in [2.24, 2.45) is 0 Å². The molecule has 2 nitrogen and oxygen atoms in total. The molecule has 0 aromatic heterocycles. The lowest BCUT2D eigenvalue weighted by atomic mass is 10.1. The lowest BCUT2D eigenvalue weighted by molar-refractivity contribution is 0.300. The van der Waals surface area contributed by atoms with E-state index >= 15 is 0 Å². The molecule has 2 rings (SSSR count). The number of hydrogen-bond acceptors (Lipinski definition) is 2. The van der Waals surface area contributed by atoms with E-state index in [2.05, 4.69) is 27.3 Å². The van der Waals surface area contributed by atoms with Gasteiger partial charge in [-0.25, -0.2) is 0 Å². The Balaban J connectivity index is 2.25. The molecule has 2 aromatic carbocycles. The molecule has 0 bridgehead atoms. The highest BCUT2D eigenvalue weighted by Gasteiger charge is 2.10. The van der Waals surface area contributed by atoms with Crippen molar-refractivity contribution in [2.75, 3.05) is 7.05 Å². The van der Waals surface area contributed by atoms with Crippen molar-refractivity contribution in [1.82, 2.24) is 5.32 Å². The van der Waals surface area contributed by atoms with Gasteiger partial charge in [-0.1, -0.05) is 39.1 Å². The Morgan fingerprint density at radius 1 is 1.14 bits per heavy atom. The maximum Gasteiger partial charge on any atom is 0.127 e. The third kappa shape index (κ3) is 4.36. The first kappa shape index (κ1) is 16.6. The molecular weight excluding hydrogens is 373 g/mol. The quantitative estimate of drug-likeness (QED) is 0.743. The Bertz CT molecular complexity index is 646. The topological polar surface area (TPSA) is 21.3 Å². The molecule has 5 heteroatoms. The summed E-state index contributed by atoms with van der Waals surface area (Å²) in [6.07, 6.45) is 0. The predicted octanol–water partition coefficient (Wildman–Crippen LogP) is 5.36. The van der Waals surface area contributed by atoms with Crippen LogP contribution in [0.3, 0.4) is 0 Å². The summed E-state index contributed by atoms with van der Waals surface area (Å²) in [5, 5.41) is 4.46. The summed E-state index contributed by atoms with van der Waals surface area (Å²) in [6.45, 7) is 3.15. The Kier molecular flexibility index (Phi) is 5.94.